The molecular formula is C26H26ClF2N3O4S. The van der Waals surface area contributed by atoms with Crippen molar-refractivity contribution in [3.05, 3.63) is 95.0 Å². The van der Waals surface area contributed by atoms with Crippen LogP contribution < -0.4 is 9.62 Å². The number of rotatable bonds is 10. The highest BCUT2D eigenvalue weighted by atomic mass is 35.5. The number of carbonyl (C=O) groups is 2. The largest absolute Gasteiger partial charge is 0.357 e. The lowest BCUT2D eigenvalue weighted by atomic mass is 10.1. The minimum atomic E-state index is -4.29. The predicted molar refractivity (Wildman–Crippen MR) is 137 cm³/mol. The third kappa shape index (κ3) is 6.64. The maximum atomic E-state index is 13.9. The van der Waals surface area contributed by atoms with E-state index in [-0.39, 0.29) is 28.6 Å². The third-order valence-electron chi connectivity index (χ3n) is 5.70. The molecule has 3 aromatic rings. The Morgan fingerprint density at radius 1 is 1.00 bits per heavy atom. The minimum Gasteiger partial charge on any atom is -0.357 e. The number of hydrogen-bond donors (Lipinski definition) is 1. The fourth-order valence-corrected chi connectivity index (χ4v) is 5.36. The summed E-state index contributed by atoms with van der Waals surface area (Å²) in [6.45, 7) is 0.936. The molecule has 0 radical (unpaired) electrons. The summed E-state index contributed by atoms with van der Waals surface area (Å²) in [7, 11) is -2.87. The number of sulfonamides is 1. The Morgan fingerprint density at radius 2 is 1.65 bits per heavy atom. The summed E-state index contributed by atoms with van der Waals surface area (Å²) >= 11 is 5.93. The number of likely N-dealkylation sites (N-methyl/N-ethyl adjacent to an activating group) is 1. The van der Waals surface area contributed by atoms with Gasteiger partial charge in [0.1, 0.15) is 24.2 Å². The smallest absolute Gasteiger partial charge is 0.264 e. The summed E-state index contributed by atoms with van der Waals surface area (Å²) < 4.78 is 55.4. The predicted octanol–water partition coefficient (Wildman–Crippen LogP) is 4.37. The Bertz CT molecular complexity index is 1360. The zero-order chi connectivity index (χ0) is 27.2. The summed E-state index contributed by atoms with van der Waals surface area (Å²) in [5, 5.41) is 2.20. The topological polar surface area (TPSA) is 86.8 Å². The van der Waals surface area contributed by atoms with Crippen LogP contribution in [0.15, 0.2) is 77.7 Å². The summed E-state index contributed by atoms with van der Waals surface area (Å²) in [6, 6.07) is 15.2. The van der Waals surface area contributed by atoms with Crippen molar-refractivity contribution >= 4 is 39.1 Å². The number of anilines is 1. The van der Waals surface area contributed by atoms with Crippen LogP contribution in [0.5, 0.6) is 0 Å². The van der Waals surface area contributed by atoms with Crippen molar-refractivity contribution in [2.75, 3.05) is 17.9 Å². The van der Waals surface area contributed by atoms with E-state index in [1.807, 2.05) is 0 Å². The van der Waals surface area contributed by atoms with Crippen molar-refractivity contribution < 1.29 is 26.8 Å². The first-order valence-corrected chi connectivity index (χ1v) is 13.2. The molecule has 37 heavy (non-hydrogen) atoms. The first-order chi connectivity index (χ1) is 17.6. The molecule has 11 heteroatoms. The zero-order valence-electron chi connectivity index (χ0n) is 20.2. The molecule has 1 unspecified atom stereocenters. The quantitative estimate of drug-likeness (QED) is 0.407. The van der Waals surface area contributed by atoms with Gasteiger partial charge in [-0.15, -0.1) is 0 Å². The van der Waals surface area contributed by atoms with Crippen LogP contribution in [-0.4, -0.2) is 44.8 Å². The van der Waals surface area contributed by atoms with Gasteiger partial charge in [0.05, 0.1) is 15.6 Å². The number of amides is 2. The van der Waals surface area contributed by atoms with Crippen LogP contribution in [0, 0.1) is 11.6 Å². The molecule has 0 aliphatic heterocycles. The maximum Gasteiger partial charge on any atom is 0.264 e. The molecule has 0 aromatic heterocycles. The molecule has 196 valence electrons. The van der Waals surface area contributed by atoms with Crippen molar-refractivity contribution in [2.45, 2.75) is 30.8 Å². The van der Waals surface area contributed by atoms with Gasteiger partial charge < -0.3 is 10.2 Å². The summed E-state index contributed by atoms with van der Waals surface area (Å²) in [5.41, 5.74) is 0.512. The molecule has 1 atom stereocenters. The number of nitrogens with one attached hydrogen (secondary N) is 1. The molecule has 0 saturated carbocycles. The van der Waals surface area contributed by atoms with Crippen LogP contribution in [-0.2, 0) is 26.2 Å². The second-order valence-corrected chi connectivity index (χ2v) is 10.4. The molecule has 0 bridgehead atoms. The van der Waals surface area contributed by atoms with E-state index in [0.29, 0.717) is 5.56 Å². The Balaban J connectivity index is 2.06. The van der Waals surface area contributed by atoms with E-state index in [4.69, 9.17) is 11.6 Å². The van der Waals surface area contributed by atoms with Crippen molar-refractivity contribution in [3.8, 4) is 0 Å². The van der Waals surface area contributed by atoms with E-state index < -0.39 is 46.1 Å². The van der Waals surface area contributed by atoms with E-state index in [2.05, 4.69) is 5.32 Å². The standard InChI is InChI=1S/C26H26ClF2N3O4S/c1-3-24(26(34)30-2)31(16-18-9-11-19(28)12-10-18)25(33)17-32(20-13-14-23(29)22(27)15-20)37(35,36)21-7-5-4-6-8-21/h4-15,24H,3,16-17H2,1-2H3,(H,30,34). The number of hydrogen-bond acceptors (Lipinski definition) is 4. The highest BCUT2D eigenvalue weighted by molar-refractivity contribution is 7.92. The summed E-state index contributed by atoms with van der Waals surface area (Å²) in [5.74, 6) is -2.36. The molecule has 3 rings (SSSR count). The average molecular weight is 550 g/mol. The van der Waals surface area contributed by atoms with Gasteiger partial charge in [0.25, 0.3) is 10.0 Å². The Hall–Kier alpha value is -3.50. The van der Waals surface area contributed by atoms with Crippen LogP contribution in [0.1, 0.15) is 18.9 Å². The molecule has 0 heterocycles. The molecule has 7 nitrogen and oxygen atoms in total. The average Bonchev–Trinajstić information content (AvgIpc) is 2.90. The van der Waals surface area contributed by atoms with Gasteiger partial charge in [-0.3, -0.25) is 13.9 Å². The van der Waals surface area contributed by atoms with Gasteiger partial charge in [0.15, 0.2) is 0 Å². The van der Waals surface area contributed by atoms with E-state index in [9.17, 15) is 26.8 Å². The van der Waals surface area contributed by atoms with Gasteiger partial charge in [-0.1, -0.05) is 48.9 Å². The monoisotopic (exact) mass is 549 g/mol. The Morgan fingerprint density at radius 3 is 2.22 bits per heavy atom. The lowest BCUT2D eigenvalue weighted by molar-refractivity contribution is -0.140. The Labute approximate surface area is 219 Å². The van der Waals surface area contributed by atoms with Gasteiger partial charge in [-0.05, 0) is 54.4 Å². The second-order valence-electron chi connectivity index (χ2n) is 8.11. The lowest BCUT2D eigenvalue weighted by Gasteiger charge is -2.33. The van der Waals surface area contributed by atoms with Crippen molar-refractivity contribution in [1.29, 1.82) is 0 Å². The van der Waals surface area contributed by atoms with Gasteiger partial charge in [0.2, 0.25) is 11.8 Å². The van der Waals surface area contributed by atoms with Crippen molar-refractivity contribution in [2.24, 2.45) is 0 Å². The zero-order valence-corrected chi connectivity index (χ0v) is 21.8. The fraction of sp³-hybridized carbons (Fsp3) is 0.231. The molecule has 0 fully saturated rings. The molecule has 0 saturated heterocycles. The van der Waals surface area contributed by atoms with Crippen LogP contribution in [0.3, 0.4) is 0 Å². The van der Waals surface area contributed by atoms with E-state index in [1.54, 1.807) is 13.0 Å². The summed E-state index contributed by atoms with van der Waals surface area (Å²) in [6.07, 6.45) is 0.237. The number of carbonyl (C=O) groups excluding carboxylic acids is 2. The number of nitrogens with zero attached hydrogens (tertiary/aromatic N) is 2. The van der Waals surface area contributed by atoms with Gasteiger partial charge in [-0.2, -0.15) is 0 Å². The molecule has 2 amide bonds. The third-order valence-corrected chi connectivity index (χ3v) is 7.78. The minimum absolute atomic E-state index is 0.0293. The van der Waals surface area contributed by atoms with Crippen LogP contribution in [0.4, 0.5) is 14.5 Å². The van der Waals surface area contributed by atoms with Crippen LogP contribution >= 0.6 is 11.6 Å². The van der Waals surface area contributed by atoms with Crippen LogP contribution in [0.2, 0.25) is 5.02 Å². The SMILES string of the molecule is CCC(C(=O)NC)N(Cc1ccc(F)cc1)C(=O)CN(c1ccc(F)c(Cl)c1)S(=O)(=O)c1ccccc1. The Kier molecular flexibility index (Phi) is 9.23. The van der Waals surface area contributed by atoms with Crippen molar-refractivity contribution in [3.63, 3.8) is 0 Å². The molecule has 0 aliphatic carbocycles. The molecular weight excluding hydrogens is 524 g/mol. The second kappa shape index (κ2) is 12.2. The normalized spacial score (nSPS) is 12.0. The maximum absolute atomic E-state index is 13.9. The number of benzene rings is 3. The number of halogens is 3. The van der Waals surface area contributed by atoms with E-state index in [0.717, 1.165) is 16.4 Å². The molecule has 0 aliphatic rings. The van der Waals surface area contributed by atoms with Gasteiger partial charge in [-0.25, -0.2) is 17.2 Å². The first kappa shape index (κ1) is 28.1. The van der Waals surface area contributed by atoms with E-state index in [1.165, 1.54) is 66.5 Å². The van der Waals surface area contributed by atoms with Crippen LogP contribution in [0.25, 0.3) is 0 Å². The highest BCUT2D eigenvalue weighted by Gasteiger charge is 2.33. The summed E-state index contributed by atoms with van der Waals surface area (Å²) in [4.78, 5) is 27.5. The van der Waals surface area contributed by atoms with Crippen molar-refractivity contribution in [1.82, 2.24) is 10.2 Å². The first-order valence-electron chi connectivity index (χ1n) is 11.4. The van der Waals surface area contributed by atoms with E-state index >= 15 is 0 Å². The molecule has 1 N–H and O–H groups in total. The lowest BCUT2D eigenvalue weighted by Crippen LogP contribution is -2.51. The molecule has 3 aromatic carbocycles. The highest BCUT2D eigenvalue weighted by Crippen LogP contribution is 2.28. The molecule has 0 spiro atoms. The fourth-order valence-electron chi connectivity index (χ4n) is 3.76. The van der Waals surface area contributed by atoms with Gasteiger partial charge in [0, 0.05) is 13.6 Å². The van der Waals surface area contributed by atoms with Gasteiger partial charge >= 0.3 is 0 Å².